The minimum absolute atomic E-state index is 0.242. The molecule has 14 nitrogen and oxygen atoms in total. The van der Waals surface area contributed by atoms with E-state index in [1.807, 2.05) is 60.7 Å². The van der Waals surface area contributed by atoms with E-state index in [9.17, 15) is 39.0 Å². The molecule has 0 aliphatic carbocycles. The van der Waals surface area contributed by atoms with E-state index in [0.717, 1.165) is 20.9 Å². The second-order valence-corrected chi connectivity index (χ2v) is 14.9. The maximum Gasteiger partial charge on any atom is 0.262 e. The summed E-state index contributed by atoms with van der Waals surface area (Å²) in [7, 11) is 0. The summed E-state index contributed by atoms with van der Waals surface area (Å²) in [6, 6.07) is 30.3. The molecular weight excluding hydrogens is 741 g/mol. The van der Waals surface area contributed by atoms with Crippen LogP contribution in [0.15, 0.2) is 109 Å². The van der Waals surface area contributed by atoms with E-state index in [0.29, 0.717) is 39.0 Å². The van der Waals surface area contributed by atoms with Crippen LogP contribution in [0.2, 0.25) is 0 Å². The van der Waals surface area contributed by atoms with E-state index in [1.165, 1.54) is 0 Å². The van der Waals surface area contributed by atoms with Crippen LogP contribution in [0.25, 0.3) is 0 Å². The lowest BCUT2D eigenvalue weighted by Crippen LogP contribution is -2.57. The normalized spacial score (nSPS) is 17.8. The Bertz CT molecular complexity index is 1940. The fourth-order valence-electron chi connectivity index (χ4n) is 7.80. The number of benzene rings is 4. The van der Waals surface area contributed by atoms with Crippen molar-refractivity contribution >= 4 is 35.4 Å². The number of aliphatic hydroxyl groups is 2. The molecule has 4 aromatic rings. The summed E-state index contributed by atoms with van der Waals surface area (Å²) in [5.41, 5.74) is 2.81. The number of carbonyl (C=O) groups excluding carboxylic acids is 6. The van der Waals surface area contributed by atoms with Gasteiger partial charge in [-0.3, -0.25) is 48.4 Å². The van der Waals surface area contributed by atoms with Crippen molar-refractivity contribution in [2.75, 3.05) is 52.4 Å². The average molecular weight is 787 g/mol. The van der Waals surface area contributed by atoms with Gasteiger partial charge in [-0.15, -0.1) is 0 Å². The van der Waals surface area contributed by atoms with Crippen LogP contribution in [0.5, 0.6) is 0 Å². The van der Waals surface area contributed by atoms with Gasteiger partial charge < -0.3 is 20.8 Å². The fourth-order valence-corrected chi connectivity index (χ4v) is 7.80. The largest absolute Gasteiger partial charge is 0.390 e. The number of amides is 6. The minimum atomic E-state index is -0.990. The molecule has 3 aliphatic rings. The summed E-state index contributed by atoms with van der Waals surface area (Å²) in [6.45, 7) is 1.76. The van der Waals surface area contributed by atoms with Crippen molar-refractivity contribution in [3.8, 4) is 0 Å². The van der Waals surface area contributed by atoms with Crippen molar-refractivity contribution in [1.82, 2.24) is 30.2 Å². The molecule has 4 N–H and O–H groups in total. The summed E-state index contributed by atoms with van der Waals surface area (Å²) in [4.78, 5) is 84.2. The number of rotatable bonds is 16. The lowest BCUT2D eigenvalue weighted by molar-refractivity contribution is -0.123. The van der Waals surface area contributed by atoms with Crippen molar-refractivity contribution in [3.05, 3.63) is 143 Å². The Morgan fingerprint density at radius 2 is 0.776 bits per heavy atom. The molecule has 14 heteroatoms. The Balaban J connectivity index is 0.937. The fraction of sp³-hybridized carbons (Fsp3) is 0.318. The zero-order chi connectivity index (χ0) is 40.8. The molecule has 0 spiro atoms. The van der Waals surface area contributed by atoms with Crippen molar-refractivity contribution in [2.45, 2.75) is 37.1 Å². The number of hydrogen-bond acceptors (Lipinski definition) is 10. The Morgan fingerprint density at radius 1 is 0.483 bits per heavy atom. The lowest BCUT2D eigenvalue weighted by Gasteiger charge is -2.38. The monoisotopic (exact) mass is 786 g/mol. The van der Waals surface area contributed by atoms with Gasteiger partial charge in [-0.1, -0.05) is 84.9 Å². The molecule has 1 saturated heterocycles. The van der Waals surface area contributed by atoms with Gasteiger partial charge in [-0.25, -0.2) is 0 Å². The van der Waals surface area contributed by atoms with Gasteiger partial charge in [0.2, 0.25) is 11.8 Å². The van der Waals surface area contributed by atoms with Crippen LogP contribution in [0, 0.1) is 0 Å². The lowest BCUT2D eigenvalue weighted by atomic mass is 9.99. The quantitative estimate of drug-likeness (QED) is 0.121. The average Bonchev–Trinajstić information content (AvgIpc) is 3.61. The van der Waals surface area contributed by atoms with E-state index in [1.54, 1.807) is 48.5 Å². The number of β-amino-alcohol motifs (C(OH)–C–C–N with tert-alkyl or cyclic N) is 2. The molecule has 7 rings (SSSR count). The highest BCUT2D eigenvalue weighted by Crippen LogP contribution is 2.23. The van der Waals surface area contributed by atoms with Gasteiger partial charge in [0.15, 0.2) is 0 Å². The molecule has 1 fully saturated rings. The second kappa shape index (κ2) is 18.0. The predicted octanol–water partition coefficient (Wildman–Crippen LogP) is 1.37. The molecule has 0 unspecified atom stereocenters. The Hall–Kier alpha value is -6.06. The third-order valence-corrected chi connectivity index (χ3v) is 10.9. The van der Waals surface area contributed by atoms with Gasteiger partial charge >= 0.3 is 0 Å². The maximum absolute atomic E-state index is 13.3. The molecule has 0 radical (unpaired) electrons. The SMILES string of the molecule is O=C(CN1C(=O)c2ccccc2C1=O)N[C@@H](Cc1ccccc1)[C@H](O)CN1CCN(C[C@H](O)[C@@H](Cc2ccccc2)NC(=O)CN2C(=O)c3ccccc3C2=O)CC1. The number of nitrogens with zero attached hydrogens (tertiary/aromatic N) is 4. The van der Waals surface area contributed by atoms with Crippen LogP contribution in [0.4, 0.5) is 0 Å². The summed E-state index contributed by atoms with van der Waals surface area (Å²) in [5.74, 6) is -3.26. The Labute approximate surface area is 336 Å². The summed E-state index contributed by atoms with van der Waals surface area (Å²) < 4.78 is 0. The van der Waals surface area contributed by atoms with E-state index in [-0.39, 0.29) is 35.3 Å². The first-order valence-corrected chi connectivity index (χ1v) is 19.4. The van der Waals surface area contributed by atoms with Gasteiger partial charge in [0.1, 0.15) is 13.1 Å². The zero-order valence-corrected chi connectivity index (χ0v) is 31.9. The molecule has 58 heavy (non-hydrogen) atoms. The van der Waals surface area contributed by atoms with E-state index in [4.69, 9.17) is 0 Å². The predicted molar refractivity (Wildman–Crippen MR) is 213 cm³/mol. The third kappa shape index (κ3) is 9.21. The van der Waals surface area contributed by atoms with Crippen molar-refractivity contribution in [1.29, 1.82) is 0 Å². The molecule has 4 atom stereocenters. The number of hydrogen-bond donors (Lipinski definition) is 4. The van der Waals surface area contributed by atoms with E-state index in [2.05, 4.69) is 20.4 Å². The van der Waals surface area contributed by atoms with Gasteiger partial charge in [-0.05, 0) is 48.2 Å². The molecule has 0 bridgehead atoms. The molecule has 0 aromatic heterocycles. The van der Waals surface area contributed by atoms with Crippen LogP contribution in [-0.2, 0) is 22.4 Å². The van der Waals surface area contributed by atoms with Gasteiger partial charge in [0.05, 0.1) is 46.5 Å². The van der Waals surface area contributed by atoms with Gasteiger partial charge in [0.25, 0.3) is 23.6 Å². The van der Waals surface area contributed by atoms with Crippen LogP contribution >= 0.6 is 0 Å². The highest BCUT2D eigenvalue weighted by atomic mass is 16.3. The molecule has 0 saturated carbocycles. The first kappa shape index (κ1) is 40.1. The summed E-state index contributed by atoms with van der Waals surface area (Å²) in [5, 5.41) is 28.8. The summed E-state index contributed by atoms with van der Waals surface area (Å²) >= 11 is 0. The van der Waals surface area contributed by atoms with Crippen molar-refractivity contribution in [3.63, 3.8) is 0 Å². The van der Waals surface area contributed by atoms with Crippen molar-refractivity contribution < 1.29 is 39.0 Å². The van der Waals surface area contributed by atoms with Crippen LogP contribution in [0.1, 0.15) is 52.6 Å². The zero-order valence-electron chi connectivity index (χ0n) is 31.9. The number of fused-ring (bicyclic) bond motifs is 2. The molecular formula is C44H46N6O8. The number of imide groups is 2. The number of aliphatic hydroxyl groups excluding tert-OH is 2. The van der Waals surface area contributed by atoms with E-state index < -0.39 is 72.8 Å². The van der Waals surface area contributed by atoms with Crippen LogP contribution in [-0.4, -0.2) is 142 Å². The highest BCUT2D eigenvalue weighted by Gasteiger charge is 2.38. The van der Waals surface area contributed by atoms with Crippen molar-refractivity contribution in [2.24, 2.45) is 0 Å². The molecule has 4 aromatic carbocycles. The van der Waals surface area contributed by atoms with Crippen LogP contribution in [0.3, 0.4) is 0 Å². The number of carbonyl (C=O) groups is 6. The standard InChI is InChI=1S/C44H46N6O8/c51-37(35(23-29-11-3-1-4-12-29)45-39(53)27-49-41(55)31-15-7-8-16-32(31)42(49)56)25-47-19-21-48(22-20-47)26-38(52)36(24-30-13-5-2-6-14-30)46-40(54)28-50-43(57)33-17-9-10-18-34(33)44(50)58/h1-18,35-38,51-52H,19-28H2,(H,45,53)(H,46,54)/t35-,36+,37+,38-. The molecule has 3 aliphatic heterocycles. The highest BCUT2D eigenvalue weighted by molar-refractivity contribution is 6.23. The summed E-state index contributed by atoms with van der Waals surface area (Å²) in [6.07, 6.45) is -1.33. The van der Waals surface area contributed by atoms with E-state index >= 15 is 0 Å². The molecule has 300 valence electrons. The number of piperazine rings is 1. The first-order valence-electron chi connectivity index (χ1n) is 19.4. The van der Waals surface area contributed by atoms with Gasteiger partial charge in [-0.2, -0.15) is 0 Å². The minimum Gasteiger partial charge on any atom is -0.390 e. The van der Waals surface area contributed by atoms with Gasteiger partial charge in [0, 0.05) is 39.3 Å². The molecule has 6 amide bonds. The third-order valence-electron chi connectivity index (χ3n) is 10.9. The Kier molecular flexibility index (Phi) is 12.5. The first-order chi connectivity index (χ1) is 28.0. The topological polar surface area (TPSA) is 180 Å². The smallest absolute Gasteiger partial charge is 0.262 e. The second-order valence-electron chi connectivity index (χ2n) is 14.9. The Morgan fingerprint density at radius 3 is 1.09 bits per heavy atom. The number of nitrogens with one attached hydrogen (secondary N) is 2. The molecule has 3 heterocycles. The van der Waals surface area contributed by atoms with Crippen LogP contribution < -0.4 is 10.6 Å². The maximum atomic E-state index is 13.3.